The van der Waals surface area contributed by atoms with E-state index in [0.29, 0.717) is 61.3 Å². The maximum Gasteiger partial charge on any atom is 0.326 e. The predicted octanol–water partition coefficient (Wildman–Crippen LogP) is 2.95. The number of carbonyl (C=O) groups excluding carboxylic acids is 2. The highest BCUT2D eigenvalue weighted by Gasteiger charge is 2.34. The second kappa shape index (κ2) is 14.1. The number of nitrogens with zero attached hydrogens (tertiary/aromatic N) is 5. The Morgan fingerprint density at radius 2 is 1.76 bits per heavy atom. The number of nitrogens with two attached hydrogens (primary N) is 1. The van der Waals surface area contributed by atoms with Crippen LogP contribution in [0.4, 0.5) is 10.5 Å². The topological polar surface area (TPSA) is 145 Å². The molecule has 2 aromatic heterocycles. The minimum atomic E-state index is -0.823. The highest BCUT2D eigenvalue weighted by Crippen LogP contribution is 2.29. The van der Waals surface area contributed by atoms with Crippen molar-refractivity contribution < 1.29 is 9.59 Å². The molecule has 12 nitrogen and oxygen atoms in total. The fourth-order valence-electron chi connectivity index (χ4n) is 7.70. The minimum absolute atomic E-state index is 0.0963. The van der Waals surface area contributed by atoms with Crippen LogP contribution in [0, 0.1) is 12.3 Å². The number of benzene rings is 2. The summed E-state index contributed by atoms with van der Waals surface area (Å²) in [5.41, 5.74) is 9.72. The second-order valence-corrected chi connectivity index (χ2v) is 13.7. The highest BCUT2D eigenvalue weighted by molar-refractivity contribution is 6.33. The number of hydrogen-bond donors (Lipinski definition) is 4. The molecule has 7 rings (SSSR count). The summed E-state index contributed by atoms with van der Waals surface area (Å²) in [6.07, 6.45) is 11.0. The molecule has 2 aromatic carbocycles. The second-order valence-electron chi connectivity index (χ2n) is 13.3. The molecular weight excluding hydrogens is 642 g/mol. The van der Waals surface area contributed by atoms with Crippen molar-refractivity contribution in [3.8, 4) is 12.3 Å². The first-order valence-corrected chi connectivity index (χ1v) is 17.5. The zero-order valence-corrected chi connectivity index (χ0v) is 28.2. The number of H-pyrrole nitrogens is 1. The van der Waals surface area contributed by atoms with Gasteiger partial charge in [0.05, 0.1) is 33.5 Å². The first kappa shape index (κ1) is 33.0. The number of para-hydroxylation sites is 1. The van der Waals surface area contributed by atoms with Crippen molar-refractivity contribution in [2.45, 2.75) is 50.2 Å². The fraction of sp³-hybridized carbons (Fsp3) is 0.444. The molecule has 3 amide bonds. The standard InChI is InChI=1S/C36H42ClN9O3/c1-2-24-19-23(20-28(37)32(24)38)21-30(34(47)44-17-15-43(16-18-44)25-7-11-39-12-8-25)41-35(48)45-13-9-26(10-14-45)46-31-22-40-29-6-4-3-5-27(29)33(31)42-36(46)49/h1,3-6,19-20,22,25-26,30,39H,7-18,21,38H2,(H,41,48)(H,42,49)/t30-/m1/s1. The van der Waals surface area contributed by atoms with Gasteiger partial charge in [-0.3, -0.25) is 19.2 Å². The molecule has 5 heterocycles. The summed E-state index contributed by atoms with van der Waals surface area (Å²) < 4.78 is 1.77. The van der Waals surface area contributed by atoms with Crippen LogP contribution in [0.5, 0.6) is 0 Å². The number of aromatic nitrogens is 3. The van der Waals surface area contributed by atoms with E-state index in [1.807, 2.05) is 29.2 Å². The molecule has 1 atom stereocenters. The SMILES string of the molecule is C#Cc1cc(C[C@@H](NC(=O)N2CCC(n3c(=O)[nH]c4c5ccccc5ncc43)CC2)C(=O)N2CCN(C3CCNCC3)CC2)cc(Cl)c1N. The molecule has 49 heavy (non-hydrogen) atoms. The van der Waals surface area contributed by atoms with Gasteiger partial charge in [-0.1, -0.05) is 35.7 Å². The molecule has 0 radical (unpaired) electrons. The van der Waals surface area contributed by atoms with Gasteiger partial charge in [0, 0.05) is 68.7 Å². The maximum atomic E-state index is 14.1. The third kappa shape index (κ3) is 6.71. The number of carbonyl (C=O) groups is 2. The number of urea groups is 1. The lowest BCUT2D eigenvalue weighted by molar-refractivity contribution is -0.135. The Kier molecular flexibility index (Phi) is 9.49. The molecule has 0 saturated carbocycles. The van der Waals surface area contributed by atoms with Crippen molar-refractivity contribution in [1.82, 2.24) is 39.9 Å². The predicted molar refractivity (Wildman–Crippen MR) is 192 cm³/mol. The van der Waals surface area contributed by atoms with Gasteiger partial charge in [-0.15, -0.1) is 6.42 Å². The molecule has 4 aromatic rings. The van der Waals surface area contributed by atoms with Crippen LogP contribution in [0.3, 0.4) is 0 Å². The van der Waals surface area contributed by atoms with E-state index in [1.165, 1.54) is 0 Å². The summed E-state index contributed by atoms with van der Waals surface area (Å²) >= 11 is 6.41. The largest absolute Gasteiger partial charge is 0.397 e. The van der Waals surface area contributed by atoms with Gasteiger partial charge in [0.15, 0.2) is 0 Å². The Morgan fingerprint density at radius 3 is 2.49 bits per heavy atom. The number of aromatic amines is 1. The molecule has 13 heteroatoms. The average Bonchev–Trinajstić information content (AvgIpc) is 3.49. The summed E-state index contributed by atoms with van der Waals surface area (Å²) in [5, 5.41) is 7.68. The number of likely N-dealkylation sites (tertiary alicyclic amines) is 1. The van der Waals surface area contributed by atoms with Crippen molar-refractivity contribution in [3.63, 3.8) is 0 Å². The van der Waals surface area contributed by atoms with E-state index in [1.54, 1.807) is 27.8 Å². The Labute approximate surface area is 289 Å². The van der Waals surface area contributed by atoms with Gasteiger partial charge in [-0.05, 0) is 62.5 Å². The molecule has 256 valence electrons. The molecule has 3 aliphatic rings. The summed E-state index contributed by atoms with van der Waals surface area (Å²) in [5.74, 6) is 2.44. The number of pyridine rings is 1. The van der Waals surface area contributed by atoms with Gasteiger partial charge >= 0.3 is 11.7 Å². The van der Waals surface area contributed by atoms with Crippen molar-refractivity contribution in [3.05, 3.63) is 69.2 Å². The smallest absolute Gasteiger partial charge is 0.326 e. The molecule has 0 spiro atoms. The quantitative estimate of drug-likeness (QED) is 0.181. The number of rotatable bonds is 6. The summed E-state index contributed by atoms with van der Waals surface area (Å²) in [6.45, 7) is 5.71. The third-order valence-corrected chi connectivity index (χ3v) is 10.7. The first-order valence-electron chi connectivity index (χ1n) is 17.1. The number of piperidine rings is 2. The van der Waals surface area contributed by atoms with Gasteiger partial charge in [-0.25, -0.2) is 9.59 Å². The zero-order valence-electron chi connectivity index (χ0n) is 27.5. The normalized spacial score (nSPS) is 18.9. The number of amides is 3. The minimum Gasteiger partial charge on any atom is -0.397 e. The van der Waals surface area contributed by atoms with Crippen LogP contribution in [-0.4, -0.2) is 106 Å². The zero-order chi connectivity index (χ0) is 34.1. The van der Waals surface area contributed by atoms with Crippen LogP contribution in [0.15, 0.2) is 47.4 Å². The summed E-state index contributed by atoms with van der Waals surface area (Å²) in [4.78, 5) is 54.7. The van der Waals surface area contributed by atoms with E-state index in [0.717, 1.165) is 66.5 Å². The van der Waals surface area contributed by atoms with E-state index >= 15 is 0 Å². The highest BCUT2D eigenvalue weighted by atomic mass is 35.5. The van der Waals surface area contributed by atoms with Gasteiger partial charge in [0.2, 0.25) is 5.91 Å². The van der Waals surface area contributed by atoms with Crippen LogP contribution >= 0.6 is 11.6 Å². The van der Waals surface area contributed by atoms with Gasteiger partial charge in [0.25, 0.3) is 0 Å². The van der Waals surface area contributed by atoms with E-state index in [2.05, 4.69) is 31.4 Å². The van der Waals surface area contributed by atoms with E-state index in [4.69, 9.17) is 23.8 Å². The number of piperazine rings is 1. The fourth-order valence-corrected chi connectivity index (χ4v) is 7.94. The molecule has 0 unspecified atom stereocenters. The van der Waals surface area contributed by atoms with Crippen LogP contribution in [0.25, 0.3) is 21.9 Å². The lowest BCUT2D eigenvalue weighted by Gasteiger charge is -2.42. The van der Waals surface area contributed by atoms with Gasteiger partial charge in [-0.2, -0.15) is 0 Å². The van der Waals surface area contributed by atoms with Gasteiger partial charge in [0.1, 0.15) is 6.04 Å². The molecule has 3 saturated heterocycles. The summed E-state index contributed by atoms with van der Waals surface area (Å²) in [7, 11) is 0. The molecule has 0 bridgehead atoms. The number of terminal acetylenes is 1. The number of imidazole rings is 1. The number of anilines is 1. The van der Waals surface area contributed by atoms with Crippen molar-refractivity contribution in [2.75, 3.05) is 58.1 Å². The molecule has 5 N–H and O–H groups in total. The van der Waals surface area contributed by atoms with Crippen molar-refractivity contribution >= 4 is 51.2 Å². The maximum absolute atomic E-state index is 14.1. The number of halogens is 1. The lowest BCUT2D eigenvalue weighted by Crippen LogP contribution is -2.59. The molecule has 3 aliphatic heterocycles. The molecular formula is C36H42ClN9O3. The lowest BCUT2D eigenvalue weighted by atomic mass is 10.0. The van der Waals surface area contributed by atoms with Crippen LogP contribution in [0.2, 0.25) is 5.02 Å². The van der Waals surface area contributed by atoms with Crippen molar-refractivity contribution in [2.24, 2.45) is 0 Å². The van der Waals surface area contributed by atoms with Crippen LogP contribution < -0.4 is 22.1 Å². The monoisotopic (exact) mass is 683 g/mol. The van der Waals surface area contributed by atoms with E-state index in [-0.39, 0.29) is 30.1 Å². The Balaban J connectivity index is 1.05. The molecule has 3 fully saturated rings. The van der Waals surface area contributed by atoms with Crippen LogP contribution in [-0.2, 0) is 11.2 Å². The van der Waals surface area contributed by atoms with E-state index in [9.17, 15) is 14.4 Å². The third-order valence-electron chi connectivity index (χ3n) is 10.4. The number of fused-ring (bicyclic) bond motifs is 3. The van der Waals surface area contributed by atoms with Crippen molar-refractivity contribution in [1.29, 1.82) is 0 Å². The Bertz CT molecular complexity index is 1960. The molecule has 0 aliphatic carbocycles. The first-order chi connectivity index (χ1) is 23.8. The van der Waals surface area contributed by atoms with Crippen LogP contribution in [0.1, 0.15) is 42.9 Å². The van der Waals surface area contributed by atoms with Gasteiger partial charge < -0.3 is 31.2 Å². The average molecular weight is 684 g/mol. The summed E-state index contributed by atoms with van der Waals surface area (Å²) in [6, 6.07) is 10.5. The number of nitrogens with one attached hydrogen (secondary N) is 3. The number of hydrogen-bond acceptors (Lipinski definition) is 7. The number of nitrogen functional groups attached to an aromatic ring is 1. The Hall–Kier alpha value is -4.57. The van der Waals surface area contributed by atoms with E-state index < -0.39 is 6.04 Å². The Morgan fingerprint density at radius 1 is 1.02 bits per heavy atom.